The first kappa shape index (κ1) is 20.8. The van der Waals surface area contributed by atoms with Crippen LogP contribution in [0.25, 0.3) is 0 Å². The van der Waals surface area contributed by atoms with Crippen LogP contribution in [0.3, 0.4) is 0 Å². The van der Waals surface area contributed by atoms with E-state index in [0.29, 0.717) is 6.54 Å². The van der Waals surface area contributed by atoms with E-state index < -0.39 is 0 Å². The summed E-state index contributed by atoms with van der Waals surface area (Å²) in [6.45, 7) is 3.98. The first-order valence-electron chi connectivity index (χ1n) is 8.82. The number of rotatable bonds is 7. The Morgan fingerprint density at radius 3 is 2.11 bits per heavy atom. The van der Waals surface area contributed by atoms with Gasteiger partial charge < -0.3 is 15.1 Å². The largest absolute Gasteiger partial charge is 0.378 e. The van der Waals surface area contributed by atoms with Gasteiger partial charge in [0.1, 0.15) is 0 Å². The van der Waals surface area contributed by atoms with Gasteiger partial charge >= 0.3 is 0 Å². The van der Waals surface area contributed by atoms with Crippen molar-refractivity contribution in [2.45, 2.75) is 30.5 Å². The van der Waals surface area contributed by atoms with E-state index in [-0.39, 0.29) is 17.1 Å². The average molecular weight is 386 g/mol. The van der Waals surface area contributed by atoms with Gasteiger partial charge in [0.05, 0.1) is 5.25 Å². The molecule has 0 aliphatic heterocycles. The van der Waals surface area contributed by atoms with Crippen molar-refractivity contribution in [2.75, 3.05) is 31.4 Å². The molecule has 0 radical (unpaired) electrons. The maximum absolute atomic E-state index is 12.7. The van der Waals surface area contributed by atoms with Gasteiger partial charge in [-0.1, -0.05) is 12.1 Å². The van der Waals surface area contributed by atoms with Gasteiger partial charge in [0.2, 0.25) is 11.8 Å². The van der Waals surface area contributed by atoms with Gasteiger partial charge in [0.15, 0.2) is 0 Å². The number of amides is 2. The Labute approximate surface area is 165 Å². The maximum Gasteiger partial charge on any atom is 0.235 e. The molecule has 2 aromatic carbocycles. The molecule has 0 saturated heterocycles. The van der Waals surface area contributed by atoms with Crippen LogP contribution in [0.5, 0.6) is 0 Å². The average Bonchev–Trinajstić information content (AvgIpc) is 2.62. The van der Waals surface area contributed by atoms with Crippen LogP contribution < -0.4 is 10.2 Å². The van der Waals surface area contributed by atoms with Gasteiger partial charge in [0.25, 0.3) is 0 Å². The van der Waals surface area contributed by atoms with Crippen LogP contribution in [0.4, 0.5) is 11.4 Å². The number of anilines is 2. The van der Waals surface area contributed by atoms with Gasteiger partial charge in [-0.3, -0.25) is 9.59 Å². The second-order valence-corrected chi connectivity index (χ2v) is 8.14. The fourth-order valence-electron chi connectivity index (χ4n) is 2.64. The molecule has 1 atom stereocenters. The van der Waals surface area contributed by atoms with Crippen LogP contribution in [-0.4, -0.2) is 43.1 Å². The van der Waals surface area contributed by atoms with E-state index in [1.807, 2.05) is 52.3 Å². The van der Waals surface area contributed by atoms with Crippen molar-refractivity contribution in [1.29, 1.82) is 0 Å². The Morgan fingerprint density at radius 2 is 1.59 bits per heavy atom. The Balaban J connectivity index is 1.92. The number of hydrogen-bond acceptors (Lipinski definition) is 4. The van der Waals surface area contributed by atoms with Crippen LogP contribution in [0.15, 0.2) is 53.4 Å². The number of carbonyl (C=O) groups is 2. The minimum absolute atomic E-state index is 0.0858. The van der Waals surface area contributed by atoms with Crippen LogP contribution in [0.2, 0.25) is 0 Å². The third kappa shape index (κ3) is 6.32. The molecule has 144 valence electrons. The summed E-state index contributed by atoms with van der Waals surface area (Å²) in [5, 5.41) is 2.55. The molecule has 0 aromatic heterocycles. The highest BCUT2D eigenvalue weighted by atomic mass is 32.2. The van der Waals surface area contributed by atoms with Crippen LogP contribution in [0, 0.1) is 0 Å². The molecule has 0 aliphatic rings. The first-order chi connectivity index (χ1) is 12.8. The van der Waals surface area contributed by atoms with E-state index in [9.17, 15) is 9.59 Å². The summed E-state index contributed by atoms with van der Waals surface area (Å²) >= 11 is 1.51. The predicted molar refractivity (Wildman–Crippen MR) is 113 cm³/mol. The fraction of sp³-hybridized carbons (Fsp3) is 0.333. The summed E-state index contributed by atoms with van der Waals surface area (Å²) in [4.78, 5) is 28.6. The van der Waals surface area contributed by atoms with Crippen molar-refractivity contribution < 1.29 is 9.59 Å². The highest BCUT2D eigenvalue weighted by Gasteiger charge is 2.19. The number of hydrogen-bond donors (Lipinski definition) is 1. The monoisotopic (exact) mass is 385 g/mol. The van der Waals surface area contributed by atoms with E-state index in [0.717, 1.165) is 21.8 Å². The molecule has 1 unspecified atom stereocenters. The van der Waals surface area contributed by atoms with E-state index in [1.165, 1.54) is 18.7 Å². The highest BCUT2D eigenvalue weighted by molar-refractivity contribution is 8.00. The molecule has 2 amide bonds. The zero-order valence-corrected chi connectivity index (χ0v) is 17.3. The number of carbonyl (C=O) groups excluding carboxylic acids is 2. The predicted octanol–water partition coefficient (Wildman–Crippen LogP) is 3.85. The molecule has 0 heterocycles. The van der Waals surface area contributed by atoms with Crippen molar-refractivity contribution >= 4 is 35.0 Å². The lowest BCUT2D eigenvalue weighted by atomic mass is 10.2. The fourth-order valence-corrected chi connectivity index (χ4v) is 3.62. The first-order valence-corrected chi connectivity index (χ1v) is 9.70. The van der Waals surface area contributed by atoms with Crippen molar-refractivity contribution in [1.82, 2.24) is 4.90 Å². The molecule has 1 N–H and O–H groups in total. The summed E-state index contributed by atoms with van der Waals surface area (Å²) in [5.41, 5.74) is 3.00. The van der Waals surface area contributed by atoms with Gasteiger partial charge in [-0.25, -0.2) is 0 Å². The lowest BCUT2D eigenvalue weighted by Crippen LogP contribution is -2.32. The summed E-state index contributed by atoms with van der Waals surface area (Å²) in [6.07, 6.45) is 0. The molecule has 2 rings (SSSR count). The van der Waals surface area contributed by atoms with Gasteiger partial charge in [-0.15, -0.1) is 11.8 Å². The Morgan fingerprint density at radius 1 is 1.00 bits per heavy atom. The number of nitrogens with one attached hydrogen (secondary N) is 1. The standard InChI is InChI=1S/C21H27N3O2S/c1-15(27-20-12-8-18(9-13-20)22-16(2)25)21(26)24(5)14-17-6-10-19(11-7-17)23(3)4/h6-13,15H,14H2,1-5H3,(H,22,25). The zero-order valence-electron chi connectivity index (χ0n) is 16.5. The normalized spacial score (nSPS) is 11.6. The van der Waals surface area contributed by atoms with Crippen molar-refractivity contribution in [2.24, 2.45) is 0 Å². The molecule has 5 nitrogen and oxygen atoms in total. The quantitative estimate of drug-likeness (QED) is 0.736. The highest BCUT2D eigenvalue weighted by Crippen LogP contribution is 2.26. The summed E-state index contributed by atoms with van der Waals surface area (Å²) in [6, 6.07) is 15.7. The molecule has 0 aliphatic carbocycles. The topological polar surface area (TPSA) is 52.7 Å². The Kier molecular flexibility index (Phi) is 7.30. The van der Waals surface area contributed by atoms with Crippen LogP contribution in [-0.2, 0) is 16.1 Å². The van der Waals surface area contributed by atoms with Gasteiger partial charge in [-0.05, 0) is 48.9 Å². The SMILES string of the molecule is CC(=O)Nc1ccc(SC(C)C(=O)N(C)Cc2ccc(N(C)C)cc2)cc1. The van der Waals surface area contributed by atoms with E-state index in [4.69, 9.17) is 0 Å². The molecule has 0 spiro atoms. The Bertz CT molecular complexity index is 773. The lowest BCUT2D eigenvalue weighted by Gasteiger charge is -2.22. The molecule has 27 heavy (non-hydrogen) atoms. The number of benzene rings is 2. The molecule has 0 bridgehead atoms. The van der Waals surface area contributed by atoms with Crippen molar-refractivity contribution in [3.63, 3.8) is 0 Å². The molecule has 0 saturated carbocycles. The number of thioether (sulfide) groups is 1. The smallest absolute Gasteiger partial charge is 0.235 e. The molecule has 0 fully saturated rings. The van der Waals surface area contributed by atoms with E-state index in [2.05, 4.69) is 34.5 Å². The molecule has 6 heteroatoms. The third-order valence-corrected chi connectivity index (χ3v) is 5.18. The van der Waals surface area contributed by atoms with Crippen LogP contribution in [0.1, 0.15) is 19.4 Å². The summed E-state index contributed by atoms with van der Waals surface area (Å²) in [7, 11) is 5.84. The molecule has 2 aromatic rings. The molecular weight excluding hydrogens is 358 g/mol. The lowest BCUT2D eigenvalue weighted by molar-refractivity contribution is -0.129. The Hall–Kier alpha value is -2.47. The summed E-state index contributed by atoms with van der Waals surface area (Å²) in [5.74, 6) is -0.0122. The van der Waals surface area contributed by atoms with E-state index in [1.54, 1.807) is 4.90 Å². The third-order valence-electron chi connectivity index (χ3n) is 4.08. The zero-order chi connectivity index (χ0) is 20.0. The van der Waals surface area contributed by atoms with Crippen molar-refractivity contribution in [3.05, 3.63) is 54.1 Å². The van der Waals surface area contributed by atoms with E-state index >= 15 is 0 Å². The van der Waals surface area contributed by atoms with Gasteiger partial charge in [0, 0.05) is 50.9 Å². The second kappa shape index (κ2) is 9.46. The molecular formula is C21H27N3O2S. The maximum atomic E-state index is 12.7. The van der Waals surface area contributed by atoms with Crippen LogP contribution >= 0.6 is 11.8 Å². The number of nitrogens with zero attached hydrogens (tertiary/aromatic N) is 2. The minimum atomic E-state index is -0.192. The van der Waals surface area contributed by atoms with Crippen molar-refractivity contribution in [3.8, 4) is 0 Å². The summed E-state index contributed by atoms with van der Waals surface area (Å²) < 4.78 is 0. The second-order valence-electron chi connectivity index (χ2n) is 6.72. The van der Waals surface area contributed by atoms with Gasteiger partial charge in [-0.2, -0.15) is 0 Å². The minimum Gasteiger partial charge on any atom is -0.378 e.